The molecular weight excluding hydrogens is 259 g/mol. The molecule has 0 saturated carbocycles. The molecule has 0 N–H and O–H groups in total. The van der Waals surface area contributed by atoms with E-state index in [2.05, 4.69) is 5.10 Å². The third kappa shape index (κ3) is 3.52. The summed E-state index contributed by atoms with van der Waals surface area (Å²) in [5, 5.41) is 4.38. The first kappa shape index (κ1) is 13.5. The van der Waals surface area contributed by atoms with Crippen LogP contribution >= 0.6 is 0 Å². The van der Waals surface area contributed by atoms with Crippen LogP contribution in [0.25, 0.3) is 0 Å². The van der Waals surface area contributed by atoms with Gasteiger partial charge in [0.05, 0.1) is 11.4 Å². The zero-order valence-corrected chi connectivity index (χ0v) is 11.1. The summed E-state index contributed by atoms with van der Waals surface area (Å²) in [7, 11) is -2.63. The van der Waals surface area contributed by atoms with Crippen LogP contribution in [-0.4, -0.2) is 37.2 Å². The Labute approximate surface area is 106 Å². The molecule has 1 aromatic rings. The molecule has 0 spiro atoms. The molecule has 0 unspecified atom stereocenters. The van der Waals surface area contributed by atoms with Crippen LogP contribution in [0.15, 0.2) is 6.20 Å². The van der Waals surface area contributed by atoms with E-state index in [1.54, 1.807) is 17.9 Å². The van der Waals surface area contributed by atoms with E-state index in [-0.39, 0.29) is 12.3 Å². The van der Waals surface area contributed by atoms with Gasteiger partial charge in [0.2, 0.25) is 0 Å². The zero-order chi connectivity index (χ0) is 13.2. The average Bonchev–Trinajstić information content (AvgIpc) is 2.68. The predicted molar refractivity (Wildman–Crippen MR) is 64.6 cm³/mol. The van der Waals surface area contributed by atoms with Gasteiger partial charge in [0.25, 0.3) is 0 Å². The molecule has 0 aliphatic carbocycles. The van der Waals surface area contributed by atoms with Gasteiger partial charge in [0.15, 0.2) is 0 Å². The van der Waals surface area contributed by atoms with Crippen LogP contribution in [0.4, 0.5) is 3.89 Å². The Balaban J connectivity index is 2.14. The van der Waals surface area contributed by atoms with Crippen molar-refractivity contribution in [3.63, 3.8) is 0 Å². The van der Waals surface area contributed by atoms with E-state index in [4.69, 9.17) is 4.74 Å². The number of ether oxygens (including phenoxy) is 1. The molecule has 5 nitrogen and oxygen atoms in total. The highest BCUT2D eigenvalue weighted by Gasteiger charge is 2.22. The van der Waals surface area contributed by atoms with Gasteiger partial charge in [0.1, 0.15) is 0 Å². The molecule has 0 amide bonds. The van der Waals surface area contributed by atoms with Gasteiger partial charge in [-0.2, -0.15) is 13.5 Å². The molecule has 1 fully saturated rings. The SMILES string of the molecule is Cn1cc(CCS(=O)(=O)F)c(C2CCOCC2)n1. The van der Waals surface area contributed by atoms with Crippen molar-refractivity contribution in [1.82, 2.24) is 9.78 Å². The summed E-state index contributed by atoms with van der Waals surface area (Å²) >= 11 is 0. The second kappa shape index (κ2) is 5.36. The molecule has 1 aliphatic heterocycles. The van der Waals surface area contributed by atoms with Crippen LogP contribution in [0.1, 0.15) is 30.0 Å². The van der Waals surface area contributed by atoms with Gasteiger partial charge >= 0.3 is 10.2 Å². The Hall–Kier alpha value is -0.950. The van der Waals surface area contributed by atoms with Crippen molar-refractivity contribution in [2.24, 2.45) is 7.05 Å². The van der Waals surface area contributed by atoms with E-state index >= 15 is 0 Å². The molecule has 2 heterocycles. The number of rotatable bonds is 4. The molecule has 18 heavy (non-hydrogen) atoms. The molecule has 0 atom stereocenters. The van der Waals surface area contributed by atoms with E-state index in [1.165, 1.54) is 0 Å². The standard InChI is InChI=1S/C11H17FN2O3S/c1-14-8-10(4-7-18(12,15)16)11(13-14)9-2-5-17-6-3-9/h8-9H,2-7H2,1H3. The van der Waals surface area contributed by atoms with E-state index in [1.807, 2.05) is 0 Å². The Bertz CT molecular complexity index is 506. The first-order chi connectivity index (χ1) is 8.46. The second-order valence-corrected chi connectivity index (χ2v) is 6.08. The maximum absolute atomic E-state index is 12.6. The smallest absolute Gasteiger partial charge is 0.302 e. The average molecular weight is 276 g/mol. The second-order valence-electron chi connectivity index (χ2n) is 4.59. The van der Waals surface area contributed by atoms with Crippen LogP contribution in [0, 0.1) is 0 Å². The maximum Gasteiger partial charge on any atom is 0.302 e. The number of halogens is 1. The number of hydrogen-bond donors (Lipinski definition) is 0. The Morgan fingerprint density at radius 2 is 2.17 bits per heavy atom. The lowest BCUT2D eigenvalue weighted by molar-refractivity contribution is 0.0842. The van der Waals surface area contributed by atoms with Gasteiger partial charge in [-0.15, -0.1) is 3.89 Å². The first-order valence-corrected chi connectivity index (χ1v) is 7.53. The maximum atomic E-state index is 12.6. The highest BCUT2D eigenvalue weighted by Crippen LogP contribution is 2.28. The lowest BCUT2D eigenvalue weighted by Crippen LogP contribution is -2.16. The van der Waals surface area contributed by atoms with Gasteiger partial charge < -0.3 is 4.74 Å². The molecule has 0 bridgehead atoms. The summed E-state index contributed by atoms with van der Waals surface area (Å²) in [6, 6.07) is 0. The van der Waals surface area contributed by atoms with Gasteiger partial charge in [-0.25, -0.2) is 0 Å². The van der Waals surface area contributed by atoms with Crippen molar-refractivity contribution < 1.29 is 17.0 Å². The summed E-state index contributed by atoms with van der Waals surface area (Å²) in [6.45, 7) is 1.39. The largest absolute Gasteiger partial charge is 0.381 e. The van der Waals surface area contributed by atoms with E-state index in [0.717, 1.165) is 24.1 Å². The van der Waals surface area contributed by atoms with Crippen molar-refractivity contribution in [1.29, 1.82) is 0 Å². The minimum Gasteiger partial charge on any atom is -0.381 e. The minimum absolute atomic E-state index is 0.180. The third-order valence-corrected chi connectivity index (χ3v) is 3.85. The Kier molecular flexibility index (Phi) is 4.01. The van der Waals surface area contributed by atoms with Crippen molar-refractivity contribution >= 4 is 10.2 Å². The number of nitrogens with zero attached hydrogens (tertiary/aromatic N) is 2. The highest BCUT2D eigenvalue weighted by atomic mass is 32.3. The number of aryl methyl sites for hydroxylation is 2. The summed E-state index contributed by atoms with van der Waals surface area (Å²) in [6.07, 6.45) is 3.72. The fraction of sp³-hybridized carbons (Fsp3) is 0.727. The summed E-state index contributed by atoms with van der Waals surface area (Å²) in [4.78, 5) is 0. The fourth-order valence-electron chi connectivity index (χ4n) is 2.29. The van der Waals surface area contributed by atoms with Crippen LogP contribution in [0.5, 0.6) is 0 Å². The van der Waals surface area contributed by atoms with Crippen LogP contribution in [0.3, 0.4) is 0 Å². The molecule has 102 valence electrons. The molecular formula is C11H17FN2O3S. The first-order valence-electron chi connectivity index (χ1n) is 5.98. The van der Waals surface area contributed by atoms with Gasteiger partial charge in [-0.3, -0.25) is 4.68 Å². The van der Waals surface area contributed by atoms with Crippen molar-refractivity contribution in [3.05, 3.63) is 17.5 Å². The van der Waals surface area contributed by atoms with Crippen LogP contribution < -0.4 is 0 Å². The molecule has 1 saturated heterocycles. The van der Waals surface area contributed by atoms with Crippen molar-refractivity contribution in [3.8, 4) is 0 Å². The van der Waals surface area contributed by atoms with E-state index < -0.39 is 16.0 Å². The third-order valence-electron chi connectivity index (χ3n) is 3.16. The van der Waals surface area contributed by atoms with E-state index in [9.17, 15) is 12.3 Å². The topological polar surface area (TPSA) is 61.2 Å². The molecule has 0 aromatic carbocycles. The van der Waals surface area contributed by atoms with E-state index in [0.29, 0.717) is 13.2 Å². The van der Waals surface area contributed by atoms with Crippen LogP contribution in [0.2, 0.25) is 0 Å². The summed E-state index contributed by atoms with van der Waals surface area (Å²) < 4.78 is 40.7. The number of hydrogen-bond acceptors (Lipinski definition) is 4. The summed E-state index contributed by atoms with van der Waals surface area (Å²) in [5.74, 6) is -0.188. The minimum atomic E-state index is -4.42. The monoisotopic (exact) mass is 276 g/mol. The van der Waals surface area contributed by atoms with Gasteiger partial charge in [-0.1, -0.05) is 0 Å². The normalized spacial score (nSPS) is 18.1. The highest BCUT2D eigenvalue weighted by molar-refractivity contribution is 7.86. The molecule has 7 heteroatoms. The van der Waals surface area contributed by atoms with Gasteiger partial charge in [-0.05, 0) is 24.8 Å². The lowest BCUT2D eigenvalue weighted by atomic mass is 9.93. The fourth-order valence-corrected chi connectivity index (χ4v) is 2.76. The Morgan fingerprint density at radius 1 is 1.50 bits per heavy atom. The van der Waals surface area contributed by atoms with Crippen LogP contribution in [-0.2, 0) is 28.4 Å². The Morgan fingerprint density at radius 3 is 2.78 bits per heavy atom. The van der Waals surface area contributed by atoms with Crippen molar-refractivity contribution in [2.75, 3.05) is 19.0 Å². The lowest BCUT2D eigenvalue weighted by Gasteiger charge is -2.21. The molecule has 1 aromatic heterocycles. The zero-order valence-electron chi connectivity index (χ0n) is 10.3. The number of aromatic nitrogens is 2. The molecule has 1 aliphatic rings. The van der Waals surface area contributed by atoms with Gasteiger partial charge in [0, 0.05) is 32.4 Å². The quantitative estimate of drug-likeness (QED) is 0.774. The predicted octanol–water partition coefficient (Wildman–Crippen LogP) is 1.16. The molecule has 2 rings (SSSR count). The van der Waals surface area contributed by atoms with Crippen molar-refractivity contribution in [2.45, 2.75) is 25.2 Å². The summed E-state index contributed by atoms with van der Waals surface area (Å²) in [5.41, 5.74) is 1.72. The molecule has 0 radical (unpaired) electrons.